The lowest BCUT2D eigenvalue weighted by Gasteiger charge is -2.44. The second-order valence-electron chi connectivity index (χ2n) is 4.28. The first-order valence-corrected chi connectivity index (χ1v) is 6.64. The van der Waals surface area contributed by atoms with Gasteiger partial charge in [0, 0.05) is 13.1 Å². The van der Waals surface area contributed by atoms with Gasteiger partial charge in [-0.2, -0.15) is 0 Å². The van der Waals surface area contributed by atoms with Gasteiger partial charge in [-0.1, -0.05) is 11.8 Å². The van der Waals surface area contributed by atoms with Gasteiger partial charge in [-0.25, -0.2) is 0 Å². The first kappa shape index (κ1) is 10.1. The zero-order chi connectivity index (χ0) is 9.31. The highest BCUT2D eigenvalue weighted by Gasteiger charge is 2.43. The van der Waals surface area contributed by atoms with E-state index >= 15 is 0 Å². The summed E-state index contributed by atoms with van der Waals surface area (Å²) < 4.78 is 1.29. The first-order chi connectivity index (χ1) is 6.27. The zero-order valence-electron chi connectivity index (χ0n) is 8.21. The van der Waals surface area contributed by atoms with E-state index in [1.807, 2.05) is 0 Å². The second kappa shape index (κ2) is 3.97. The molecule has 2 saturated heterocycles. The largest absolute Gasteiger partial charge is 0.309 e. The fraction of sp³-hybridized carbons (Fsp3) is 1.00. The predicted molar refractivity (Wildman–Crippen MR) is 59.3 cm³/mol. The Morgan fingerprint density at radius 3 is 2.77 bits per heavy atom. The van der Waals surface area contributed by atoms with Gasteiger partial charge in [0.2, 0.25) is 0 Å². The Labute approximate surface area is 89.8 Å². The molecule has 0 aliphatic carbocycles. The van der Waals surface area contributed by atoms with E-state index in [9.17, 15) is 0 Å². The average Bonchev–Trinajstić information content (AvgIpc) is 2.54. The Morgan fingerprint density at radius 1 is 1.46 bits per heavy atom. The van der Waals surface area contributed by atoms with E-state index in [0.29, 0.717) is 0 Å². The monoisotopic (exact) mass is 221 g/mol. The van der Waals surface area contributed by atoms with Crippen LogP contribution in [0.1, 0.15) is 0 Å². The molecule has 4 heteroatoms. The molecule has 0 aromatic heterocycles. The van der Waals surface area contributed by atoms with Crippen LogP contribution in [-0.2, 0) is 0 Å². The van der Waals surface area contributed by atoms with Crippen molar-refractivity contribution in [1.29, 1.82) is 0 Å². The maximum Gasteiger partial charge on any atom is 0.126 e. The lowest BCUT2D eigenvalue weighted by atomic mass is 10.2. The van der Waals surface area contributed by atoms with Crippen molar-refractivity contribution in [1.82, 2.24) is 4.90 Å². The van der Waals surface area contributed by atoms with Crippen molar-refractivity contribution in [2.24, 2.45) is 0 Å². The number of alkyl halides is 1. The molecule has 0 radical (unpaired) electrons. The molecule has 0 saturated carbocycles. The van der Waals surface area contributed by atoms with Crippen LogP contribution >= 0.6 is 23.4 Å². The fourth-order valence-corrected chi connectivity index (χ4v) is 4.46. The summed E-state index contributed by atoms with van der Waals surface area (Å²) in [6.45, 7) is 5.10. The van der Waals surface area contributed by atoms with Gasteiger partial charge in [0.15, 0.2) is 0 Å². The number of thioether (sulfide) groups is 1. The molecule has 0 amide bonds. The van der Waals surface area contributed by atoms with Gasteiger partial charge in [0.25, 0.3) is 0 Å². The van der Waals surface area contributed by atoms with Gasteiger partial charge in [-0.05, 0) is 7.05 Å². The Morgan fingerprint density at radius 2 is 2.15 bits per heavy atom. The van der Waals surface area contributed by atoms with Crippen molar-refractivity contribution in [3.8, 4) is 0 Å². The molecule has 2 aliphatic heterocycles. The topological polar surface area (TPSA) is 3.24 Å². The maximum atomic E-state index is 6.02. The molecule has 2 rings (SSSR count). The molecular weight excluding hydrogens is 204 g/mol. The van der Waals surface area contributed by atoms with Crippen LogP contribution < -0.4 is 0 Å². The highest BCUT2D eigenvalue weighted by atomic mass is 35.5. The minimum atomic E-state index is 0.723. The number of hydrogen-bond acceptors (Lipinski definition) is 2. The quantitative estimate of drug-likeness (QED) is 0.481. The Kier molecular flexibility index (Phi) is 3.08. The van der Waals surface area contributed by atoms with Crippen LogP contribution in [0.5, 0.6) is 0 Å². The van der Waals surface area contributed by atoms with Gasteiger partial charge >= 0.3 is 0 Å². The van der Waals surface area contributed by atoms with Crippen LogP contribution in [0.4, 0.5) is 0 Å². The summed E-state index contributed by atoms with van der Waals surface area (Å²) in [5, 5.41) is 0. The van der Waals surface area contributed by atoms with Crippen molar-refractivity contribution in [3.63, 3.8) is 0 Å². The number of quaternary nitrogens is 1. The molecule has 76 valence electrons. The molecule has 13 heavy (non-hydrogen) atoms. The van der Waals surface area contributed by atoms with E-state index in [-0.39, 0.29) is 0 Å². The number of hydrogen-bond donors (Lipinski definition) is 0. The van der Waals surface area contributed by atoms with E-state index in [4.69, 9.17) is 11.6 Å². The molecule has 2 heterocycles. The van der Waals surface area contributed by atoms with Gasteiger partial charge in [-0.15, -0.1) is 11.6 Å². The number of nitrogens with zero attached hydrogens (tertiary/aromatic N) is 2. The van der Waals surface area contributed by atoms with E-state index in [0.717, 1.165) is 11.9 Å². The molecule has 2 fully saturated rings. The number of piperazine rings is 1. The molecule has 2 nitrogen and oxygen atoms in total. The molecule has 0 bridgehead atoms. The molecule has 2 aliphatic rings. The van der Waals surface area contributed by atoms with Crippen molar-refractivity contribution >= 4 is 23.4 Å². The molecular formula is C9H18ClN2S+. The first-order valence-electron chi connectivity index (χ1n) is 4.95. The van der Waals surface area contributed by atoms with Crippen molar-refractivity contribution in [2.75, 3.05) is 50.7 Å². The summed E-state index contributed by atoms with van der Waals surface area (Å²) in [5.74, 6) is 3.41. The summed E-state index contributed by atoms with van der Waals surface area (Å²) in [5.41, 5.74) is 0. The molecule has 1 atom stereocenters. The van der Waals surface area contributed by atoms with Gasteiger partial charge < -0.3 is 4.48 Å². The lowest BCUT2D eigenvalue weighted by Crippen LogP contribution is -2.61. The number of rotatable bonds is 1. The summed E-state index contributed by atoms with van der Waals surface area (Å²) in [6.07, 6.45) is 0. The number of likely N-dealkylation sites (N-methyl/N-ethyl adjacent to an activating group) is 1. The summed E-state index contributed by atoms with van der Waals surface area (Å²) in [4.78, 5) is 2.43. The van der Waals surface area contributed by atoms with E-state index in [2.05, 4.69) is 23.7 Å². The van der Waals surface area contributed by atoms with Crippen LogP contribution in [0.3, 0.4) is 0 Å². The minimum absolute atomic E-state index is 0.723. The summed E-state index contributed by atoms with van der Waals surface area (Å²) in [7, 11) is 2.22. The van der Waals surface area contributed by atoms with E-state index in [1.54, 1.807) is 0 Å². The second-order valence-corrected chi connectivity index (χ2v) is 5.59. The summed E-state index contributed by atoms with van der Waals surface area (Å²) in [6, 6.07) is 0.723. The predicted octanol–water partition coefficient (Wildman–Crippen LogP) is 1.06. The normalized spacial score (nSPS) is 34.2. The molecule has 0 aromatic rings. The van der Waals surface area contributed by atoms with Gasteiger partial charge in [0.05, 0.1) is 24.7 Å². The highest BCUT2D eigenvalue weighted by Crippen LogP contribution is 2.31. The van der Waals surface area contributed by atoms with Crippen LogP contribution in [0.2, 0.25) is 0 Å². The third-order valence-electron chi connectivity index (χ3n) is 3.47. The summed E-state index contributed by atoms with van der Waals surface area (Å²) >= 11 is 8.11. The zero-order valence-corrected chi connectivity index (χ0v) is 9.78. The number of halogens is 1. The van der Waals surface area contributed by atoms with Crippen LogP contribution in [0.15, 0.2) is 0 Å². The molecule has 0 aromatic carbocycles. The Bertz CT molecular complexity index is 180. The minimum Gasteiger partial charge on any atom is -0.309 e. The van der Waals surface area contributed by atoms with E-state index < -0.39 is 0 Å². The molecule has 0 N–H and O–H groups in total. The van der Waals surface area contributed by atoms with Crippen LogP contribution in [0, 0.1) is 0 Å². The standard InChI is InChI=1S/C9H18ClN2S/c1-11-2-4-12(5-3-11)8-13-7-9(12)6-10/h9H,2-8H2,1H3/q+1. The lowest BCUT2D eigenvalue weighted by molar-refractivity contribution is -0.934. The fourth-order valence-electron chi connectivity index (χ4n) is 2.28. The van der Waals surface area contributed by atoms with Crippen LogP contribution in [-0.4, -0.2) is 66.2 Å². The Balaban J connectivity index is 2.02. The van der Waals surface area contributed by atoms with Gasteiger partial charge in [0.1, 0.15) is 11.9 Å². The van der Waals surface area contributed by atoms with Gasteiger partial charge in [-0.3, -0.25) is 4.90 Å². The highest BCUT2D eigenvalue weighted by molar-refractivity contribution is 7.99. The maximum absolute atomic E-state index is 6.02. The average molecular weight is 222 g/mol. The third-order valence-corrected chi connectivity index (χ3v) is 5.14. The van der Waals surface area contributed by atoms with Crippen molar-refractivity contribution < 1.29 is 4.48 Å². The molecule has 1 spiro atoms. The van der Waals surface area contributed by atoms with Crippen molar-refractivity contribution in [3.05, 3.63) is 0 Å². The van der Waals surface area contributed by atoms with Crippen molar-refractivity contribution in [2.45, 2.75) is 6.04 Å². The van der Waals surface area contributed by atoms with E-state index in [1.165, 1.54) is 42.3 Å². The molecule has 1 unspecified atom stereocenters. The smallest absolute Gasteiger partial charge is 0.126 e. The third kappa shape index (κ3) is 1.84. The SMILES string of the molecule is CN1CC[N+]2(CC1)CSCC2CCl. The van der Waals surface area contributed by atoms with Crippen LogP contribution in [0.25, 0.3) is 0 Å². The Hall–Kier alpha value is 0.560.